The van der Waals surface area contributed by atoms with Crippen molar-refractivity contribution in [3.8, 4) is 5.75 Å². The molecule has 0 aliphatic rings. The third-order valence-corrected chi connectivity index (χ3v) is 3.50. The minimum Gasteiger partial charge on any atom is -0.404 e. The zero-order valence-corrected chi connectivity index (χ0v) is 14.4. The van der Waals surface area contributed by atoms with Crippen LogP contribution in [0.5, 0.6) is 5.75 Å². The molecule has 0 radical (unpaired) electrons. The van der Waals surface area contributed by atoms with Crippen molar-refractivity contribution in [3.63, 3.8) is 0 Å². The van der Waals surface area contributed by atoms with Crippen molar-refractivity contribution in [2.75, 3.05) is 24.2 Å². The highest BCUT2D eigenvalue weighted by atomic mass is 19.4. The normalized spacial score (nSPS) is 11.3. The molecule has 0 saturated heterocycles. The highest BCUT2D eigenvalue weighted by Gasteiger charge is 2.32. The van der Waals surface area contributed by atoms with E-state index in [0.717, 1.165) is 29.9 Å². The first-order valence-electron chi connectivity index (χ1n) is 7.88. The number of nitrogens with zero attached hydrogens (tertiary/aromatic N) is 2. The lowest BCUT2D eigenvalue weighted by atomic mass is 10.2. The van der Waals surface area contributed by atoms with Crippen LogP contribution >= 0.6 is 0 Å². The zero-order chi connectivity index (χ0) is 18.4. The minimum absolute atomic E-state index is 0.187. The van der Waals surface area contributed by atoms with Crippen molar-refractivity contribution in [3.05, 3.63) is 41.5 Å². The van der Waals surface area contributed by atoms with E-state index < -0.39 is 6.36 Å². The number of rotatable bonds is 7. The van der Waals surface area contributed by atoms with Crippen molar-refractivity contribution in [2.24, 2.45) is 0 Å². The average molecular weight is 354 g/mol. The average Bonchev–Trinajstić information content (AvgIpc) is 2.52. The van der Waals surface area contributed by atoms with Gasteiger partial charge in [-0.3, -0.25) is 9.97 Å². The molecule has 8 heteroatoms. The number of ether oxygens (including phenoxy) is 1. The summed E-state index contributed by atoms with van der Waals surface area (Å²) < 4.78 is 41.0. The van der Waals surface area contributed by atoms with Crippen molar-refractivity contribution in [2.45, 2.75) is 33.1 Å². The maximum Gasteiger partial charge on any atom is 0.573 e. The Bertz CT molecular complexity index is 720. The van der Waals surface area contributed by atoms with Gasteiger partial charge >= 0.3 is 6.36 Å². The van der Waals surface area contributed by atoms with E-state index in [1.807, 2.05) is 26.1 Å². The van der Waals surface area contributed by atoms with Gasteiger partial charge in [0.05, 0.1) is 17.6 Å². The highest BCUT2D eigenvalue weighted by Crippen LogP contribution is 2.27. The van der Waals surface area contributed by atoms with E-state index in [-0.39, 0.29) is 11.4 Å². The van der Waals surface area contributed by atoms with E-state index in [9.17, 15) is 13.2 Å². The predicted octanol–water partition coefficient (Wildman–Crippen LogP) is 4.08. The Balaban J connectivity index is 1.90. The molecule has 0 saturated carbocycles. The van der Waals surface area contributed by atoms with Crippen molar-refractivity contribution in [1.29, 1.82) is 0 Å². The Kier molecular flexibility index (Phi) is 6.06. The number of aryl methyl sites for hydroxylation is 3. The molecule has 2 N–H and O–H groups in total. The standard InChI is InChI=1S/C17H21F3N4O/c1-11-7-14(21-3)8-13(24-11)5-4-6-22-15-9-16(12(2)23-10-15)25-17(18,19)20/h7-10,22H,4-6H2,1-3H3,(H,21,24). The Labute approximate surface area is 144 Å². The van der Waals surface area contributed by atoms with Gasteiger partial charge in [-0.25, -0.2) is 0 Å². The molecule has 0 bridgehead atoms. The van der Waals surface area contributed by atoms with Crippen LogP contribution in [0.1, 0.15) is 23.5 Å². The third kappa shape index (κ3) is 6.13. The fourth-order valence-electron chi connectivity index (χ4n) is 2.35. The number of alkyl halides is 3. The first-order chi connectivity index (χ1) is 11.8. The van der Waals surface area contributed by atoms with Crippen molar-refractivity contribution < 1.29 is 17.9 Å². The Morgan fingerprint density at radius 2 is 1.88 bits per heavy atom. The molecule has 2 rings (SSSR count). The fourth-order valence-corrected chi connectivity index (χ4v) is 2.35. The van der Waals surface area contributed by atoms with Gasteiger partial charge in [0.25, 0.3) is 0 Å². The highest BCUT2D eigenvalue weighted by molar-refractivity contribution is 5.48. The fraction of sp³-hybridized carbons (Fsp3) is 0.412. The quantitative estimate of drug-likeness (QED) is 0.734. The van der Waals surface area contributed by atoms with Crippen LogP contribution < -0.4 is 15.4 Å². The monoisotopic (exact) mass is 354 g/mol. The van der Waals surface area contributed by atoms with E-state index in [1.165, 1.54) is 19.2 Å². The summed E-state index contributed by atoms with van der Waals surface area (Å²) in [5, 5.41) is 6.14. The summed E-state index contributed by atoms with van der Waals surface area (Å²) >= 11 is 0. The largest absolute Gasteiger partial charge is 0.573 e. The maximum absolute atomic E-state index is 12.4. The number of aromatic nitrogens is 2. The summed E-state index contributed by atoms with van der Waals surface area (Å²) in [5.41, 5.74) is 3.58. The number of nitrogens with one attached hydrogen (secondary N) is 2. The number of halogens is 3. The molecule has 5 nitrogen and oxygen atoms in total. The van der Waals surface area contributed by atoms with Gasteiger partial charge in [0.2, 0.25) is 0 Å². The number of anilines is 2. The van der Waals surface area contributed by atoms with Gasteiger partial charge in [-0.15, -0.1) is 13.2 Å². The van der Waals surface area contributed by atoms with Crippen LogP contribution in [-0.4, -0.2) is 29.9 Å². The van der Waals surface area contributed by atoms with E-state index in [0.29, 0.717) is 12.2 Å². The molecule has 0 unspecified atom stereocenters. The second kappa shape index (κ2) is 8.04. The van der Waals surface area contributed by atoms with Crippen LogP contribution in [0.4, 0.5) is 24.5 Å². The van der Waals surface area contributed by atoms with Crippen LogP contribution in [0.2, 0.25) is 0 Å². The van der Waals surface area contributed by atoms with E-state index >= 15 is 0 Å². The molecule has 2 aromatic rings. The second-order valence-corrected chi connectivity index (χ2v) is 5.62. The molecule has 136 valence electrons. The molecule has 25 heavy (non-hydrogen) atoms. The van der Waals surface area contributed by atoms with E-state index in [1.54, 1.807) is 0 Å². The lowest BCUT2D eigenvalue weighted by molar-refractivity contribution is -0.274. The van der Waals surface area contributed by atoms with Crippen LogP contribution in [0.25, 0.3) is 0 Å². The Hall–Kier alpha value is -2.51. The van der Waals surface area contributed by atoms with Gasteiger partial charge < -0.3 is 15.4 Å². The summed E-state index contributed by atoms with van der Waals surface area (Å²) in [7, 11) is 1.85. The van der Waals surface area contributed by atoms with Crippen LogP contribution in [0.3, 0.4) is 0 Å². The van der Waals surface area contributed by atoms with Gasteiger partial charge in [-0.1, -0.05) is 0 Å². The molecule has 2 heterocycles. The van der Waals surface area contributed by atoms with Crippen molar-refractivity contribution >= 4 is 11.4 Å². The summed E-state index contributed by atoms with van der Waals surface area (Å²) in [6, 6.07) is 5.25. The van der Waals surface area contributed by atoms with Crippen LogP contribution in [0.15, 0.2) is 24.4 Å². The van der Waals surface area contributed by atoms with Gasteiger partial charge in [0.1, 0.15) is 0 Å². The topological polar surface area (TPSA) is 59.1 Å². The molecule has 0 aromatic carbocycles. The van der Waals surface area contributed by atoms with Crippen LogP contribution in [-0.2, 0) is 6.42 Å². The Morgan fingerprint density at radius 1 is 1.12 bits per heavy atom. The molecule has 0 amide bonds. The van der Waals surface area contributed by atoms with Gasteiger partial charge in [0.15, 0.2) is 5.75 Å². The SMILES string of the molecule is CNc1cc(C)nc(CCCNc2cnc(C)c(OC(F)(F)F)c2)c1. The molecule has 0 aliphatic carbocycles. The molecule has 2 aromatic heterocycles. The van der Waals surface area contributed by atoms with Crippen molar-refractivity contribution in [1.82, 2.24) is 9.97 Å². The lowest BCUT2D eigenvalue weighted by Crippen LogP contribution is -2.18. The maximum atomic E-state index is 12.4. The minimum atomic E-state index is -4.73. The third-order valence-electron chi connectivity index (χ3n) is 3.50. The van der Waals surface area contributed by atoms with E-state index in [2.05, 4.69) is 25.3 Å². The molecule has 0 aliphatic heterocycles. The summed E-state index contributed by atoms with van der Waals surface area (Å²) in [5.74, 6) is -0.295. The second-order valence-electron chi connectivity index (χ2n) is 5.62. The summed E-state index contributed by atoms with van der Waals surface area (Å²) in [4.78, 5) is 8.39. The number of hydrogen-bond acceptors (Lipinski definition) is 5. The molecular formula is C17H21F3N4O. The smallest absolute Gasteiger partial charge is 0.404 e. The Morgan fingerprint density at radius 3 is 2.56 bits per heavy atom. The summed E-state index contributed by atoms with van der Waals surface area (Å²) in [6.07, 6.45) is -1.70. The molecule has 0 spiro atoms. The molecular weight excluding hydrogens is 333 g/mol. The first kappa shape index (κ1) is 18.8. The summed E-state index contributed by atoms with van der Waals surface area (Å²) in [6.45, 7) is 3.98. The predicted molar refractivity (Wildman–Crippen MR) is 91.0 cm³/mol. The first-order valence-corrected chi connectivity index (χ1v) is 7.88. The number of hydrogen-bond donors (Lipinski definition) is 2. The zero-order valence-electron chi connectivity index (χ0n) is 14.4. The van der Waals surface area contributed by atoms with Gasteiger partial charge in [-0.05, 0) is 38.8 Å². The lowest BCUT2D eigenvalue weighted by Gasteiger charge is -2.13. The van der Waals surface area contributed by atoms with Gasteiger partial charge in [0, 0.05) is 36.7 Å². The van der Waals surface area contributed by atoms with E-state index in [4.69, 9.17) is 0 Å². The van der Waals surface area contributed by atoms with Crippen LogP contribution in [0, 0.1) is 13.8 Å². The number of pyridine rings is 2. The molecule has 0 atom stereocenters. The molecule has 0 fully saturated rings. The van der Waals surface area contributed by atoms with Gasteiger partial charge in [-0.2, -0.15) is 0 Å².